The van der Waals surface area contributed by atoms with E-state index >= 15 is 0 Å². The first-order valence-corrected chi connectivity index (χ1v) is 11.3. The van der Waals surface area contributed by atoms with Gasteiger partial charge >= 0.3 is 0 Å². The largest absolute Gasteiger partial charge is 0.350 e. The first kappa shape index (κ1) is 21.1. The van der Waals surface area contributed by atoms with Crippen molar-refractivity contribution in [3.05, 3.63) is 69.7 Å². The molecule has 0 bridgehead atoms. The summed E-state index contributed by atoms with van der Waals surface area (Å²) in [6.45, 7) is 5.18. The molecule has 8 heteroatoms. The molecule has 2 N–H and O–H groups in total. The number of hydrogen-bond acceptors (Lipinski definition) is 5. The molecule has 0 saturated heterocycles. The summed E-state index contributed by atoms with van der Waals surface area (Å²) in [4.78, 5) is 29.0. The number of aromatic nitrogens is 1. The highest BCUT2D eigenvalue weighted by molar-refractivity contribution is 7.21. The zero-order valence-corrected chi connectivity index (χ0v) is 18.8. The number of aryl methyl sites for hydroxylation is 1. The zero-order chi connectivity index (χ0) is 22.1. The van der Waals surface area contributed by atoms with E-state index in [2.05, 4.69) is 15.6 Å². The zero-order valence-electron chi connectivity index (χ0n) is 17.2. The summed E-state index contributed by atoms with van der Waals surface area (Å²) in [6.07, 6.45) is 0. The number of nitrogens with zero attached hydrogens (tertiary/aromatic N) is 1. The lowest BCUT2D eigenvalue weighted by atomic mass is 10.1. The molecule has 1 atom stereocenters. The van der Waals surface area contributed by atoms with Crippen LogP contribution in [-0.4, -0.2) is 16.8 Å². The van der Waals surface area contributed by atoms with Gasteiger partial charge in [-0.15, -0.1) is 22.7 Å². The van der Waals surface area contributed by atoms with Crippen molar-refractivity contribution in [3.63, 3.8) is 0 Å². The van der Waals surface area contributed by atoms with Gasteiger partial charge in [-0.05, 0) is 37.1 Å². The molecule has 0 aliphatic rings. The maximum Gasteiger partial charge on any atom is 0.267 e. The lowest BCUT2D eigenvalue weighted by molar-refractivity contribution is -0.119. The Morgan fingerprint density at radius 1 is 1.13 bits per heavy atom. The molecule has 0 aliphatic carbocycles. The van der Waals surface area contributed by atoms with Gasteiger partial charge in [-0.25, -0.2) is 9.37 Å². The summed E-state index contributed by atoms with van der Waals surface area (Å²) < 4.78 is 14.9. The number of carbonyl (C=O) groups excluding carboxylic acids is 2. The standard InChI is InChI=1S/C23H20FN3O2S2/c1-12-20-17(24)5-4-6-19(20)31-21(12)22(29)27-23-26-18(11-30-23)16-9-7-15(8-10-16)13(2)25-14(3)28/h4-11,13H,1-3H3,(H,25,28)(H,26,27,29). The van der Waals surface area contributed by atoms with Crippen molar-refractivity contribution >= 4 is 49.7 Å². The Hall–Kier alpha value is -3.10. The van der Waals surface area contributed by atoms with E-state index in [4.69, 9.17) is 0 Å². The van der Waals surface area contributed by atoms with Gasteiger partial charge in [0.05, 0.1) is 16.6 Å². The van der Waals surface area contributed by atoms with Crippen LogP contribution in [0.2, 0.25) is 0 Å². The number of nitrogens with one attached hydrogen (secondary N) is 2. The van der Waals surface area contributed by atoms with E-state index in [0.29, 0.717) is 21.0 Å². The maximum absolute atomic E-state index is 14.1. The van der Waals surface area contributed by atoms with Gasteiger partial charge in [0.2, 0.25) is 5.91 Å². The number of thiophene rings is 1. The van der Waals surface area contributed by atoms with Gasteiger partial charge in [0, 0.05) is 28.0 Å². The number of thiazole rings is 1. The van der Waals surface area contributed by atoms with Crippen LogP contribution < -0.4 is 10.6 Å². The molecule has 158 valence electrons. The second kappa shape index (κ2) is 8.56. The Morgan fingerprint density at radius 3 is 2.55 bits per heavy atom. The highest BCUT2D eigenvalue weighted by Crippen LogP contribution is 2.33. The van der Waals surface area contributed by atoms with Crippen LogP contribution in [0.15, 0.2) is 47.8 Å². The number of rotatable bonds is 5. The van der Waals surface area contributed by atoms with Gasteiger partial charge in [-0.2, -0.15) is 0 Å². The Bertz CT molecular complexity index is 1280. The van der Waals surface area contributed by atoms with Gasteiger partial charge in [0.25, 0.3) is 5.91 Å². The van der Waals surface area contributed by atoms with E-state index in [-0.39, 0.29) is 23.7 Å². The van der Waals surface area contributed by atoms with Gasteiger partial charge in [0.1, 0.15) is 5.82 Å². The summed E-state index contributed by atoms with van der Waals surface area (Å²) >= 11 is 2.60. The summed E-state index contributed by atoms with van der Waals surface area (Å²) in [5, 5.41) is 8.53. The minimum absolute atomic E-state index is 0.0759. The first-order chi connectivity index (χ1) is 14.8. The summed E-state index contributed by atoms with van der Waals surface area (Å²) in [7, 11) is 0. The number of amides is 2. The average Bonchev–Trinajstić information content (AvgIpc) is 3.33. The van der Waals surface area contributed by atoms with Crippen molar-refractivity contribution in [2.75, 3.05) is 5.32 Å². The molecule has 0 spiro atoms. The molecule has 0 fully saturated rings. The molecular formula is C23H20FN3O2S2. The smallest absolute Gasteiger partial charge is 0.267 e. The van der Waals surface area contributed by atoms with E-state index in [1.807, 2.05) is 42.6 Å². The number of hydrogen-bond donors (Lipinski definition) is 2. The third-order valence-corrected chi connectivity index (χ3v) is 6.97. The SMILES string of the molecule is CC(=O)NC(C)c1ccc(-c2csc(NC(=O)c3sc4cccc(F)c4c3C)n2)cc1. The molecule has 5 nitrogen and oxygen atoms in total. The molecule has 4 aromatic rings. The van der Waals surface area contributed by atoms with E-state index in [9.17, 15) is 14.0 Å². The Labute approximate surface area is 187 Å². The molecule has 0 radical (unpaired) electrons. The van der Waals surface area contributed by atoms with Gasteiger partial charge < -0.3 is 5.32 Å². The lowest BCUT2D eigenvalue weighted by Gasteiger charge is -2.13. The Morgan fingerprint density at radius 2 is 1.87 bits per heavy atom. The number of benzene rings is 2. The minimum Gasteiger partial charge on any atom is -0.350 e. The molecule has 0 saturated carbocycles. The van der Waals surface area contributed by atoms with E-state index < -0.39 is 0 Å². The summed E-state index contributed by atoms with van der Waals surface area (Å²) in [5.74, 6) is -0.690. The van der Waals surface area contributed by atoms with Crippen LogP contribution in [0.25, 0.3) is 21.3 Å². The van der Waals surface area contributed by atoms with Crippen LogP contribution >= 0.6 is 22.7 Å². The van der Waals surface area contributed by atoms with Crippen LogP contribution in [0, 0.1) is 12.7 Å². The monoisotopic (exact) mass is 453 g/mol. The molecule has 2 aromatic carbocycles. The first-order valence-electron chi connectivity index (χ1n) is 9.65. The number of halogens is 1. The van der Waals surface area contributed by atoms with Crippen molar-refractivity contribution in [2.45, 2.75) is 26.8 Å². The van der Waals surface area contributed by atoms with Crippen LogP contribution in [0.4, 0.5) is 9.52 Å². The summed E-state index contributed by atoms with van der Waals surface area (Å²) in [6, 6.07) is 12.5. The Balaban J connectivity index is 1.51. The molecular weight excluding hydrogens is 433 g/mol. The van der Waals surface area contributed by atoms with Gasteiger partial charge in [0.15, 0.2) is 5.13 Å². The van der Waals surface area contributed by atoms with Crippen LogP contribution in [0.3, 0.4) is 0 Å². The average molecular weight is 454 g/mol. The van der Waals surface area contributed by atoms with Gasteiger partial charge in [-0.1, -0.05) is 30.3 Å². The fourth-order valence-corrected chi connectivity index (χ4v) is 5.25. The second-order valence-electron chi connectivity index (χ2n) is 7.21. The van der Waals surface area contributed by atoms with E-state index in [0.717, 1.165) is 21.5 Å². The highest BCUT2D eigenvalue weighted by atomic mass is 32.1. The molecule has 2 heterocycles. The van der Waals surface area contributed by atoms with Gasteiger partial charge in [-0.3, -0.25) is 14.9 Å². The van der Waals surface area contributed by atoms with Crippen molar-refractivity contribution in [1.82, 2.24) is 10.3 Å². The normalized spacial score (nSPS) is 12.0. The number of carbonyl (C=O) groups is 2. The fourth-order valence-electron chi connectivity index (χ4n) is 3.42. The predicted octanol–water partition coefficient (Wildman–Crippen LogP) is 5.92. The number of fused-ring (bicyclic) bond motifs is 1. The molecule has 2 aromatic heterocycles. The van der Waals surface area contributed by atoms with Crippen LogP contribution in [0.5, 0.6) is 0 Å². The quantitative estimate of drug-likeness (QED) is 0.394. The molecule has 0 aliphatic heterocycles. The molecule has 4 rings (SSSR count). The third kappa shape index (κ3) is 4.35. The van der Waals surface area contributed by atoms with Crippen molar-refractivity contribution < 1.29 is 14.0 Å². The predicted molar refractivity (Wildman–Crippen MR) is 124 cm³/mol. The fraction of sp³-hybridized carbons (Fsp3) is 0.174. The van der Waals surface area contributed by atoms with E-state index in [1.165, 1.54) is 35.7 Å². The molecule has 31 heavy (non-hydrogen) atoms. The minimum atomic E-state index is -0.321. The maximum atomic E-state index is 14.1. The molecule has 1 unspecified atom stereocenters. The topological polar surface area (TPSA) is 71.1 Å². The van der Waals surface area contributed by atoms with E-state index in [1.54, 1.807) is 13.0 Å². The van der Waals surface area contributed by atoms with Crippen LogP contribution in [0.1, 0.15) is 40.7 Å². The van der Waals surface area contributed by atoms with Crippen molar-refractivity contribution in [2.24, 2.45) is 0 Å². The molecule has 2 amide bonds. The van der Waals surface area contributed by atoms with Crippen molar-refractivity contribution in [3.8, 4) is 11.3 Å². The lowest BCUT2D eigenvalue weighted by Crippen LogP contribution is -2.23. The highest BCUT2D eigenvalue weighted by Gasteiger charge is 2.19. The number of anilines is 1. The van der Waals surface area contributed by atoms with Crippen LogP contribution in [-0.2, 0) is 4.79 Å². The second-order valence-corrected chi connectivity index (χ2v) is 9.12. The van der Waals surface area contributed by atoms with Crippen molar-refractivity contribution in [1.29, 1.82) is 0 Å². The summed E-state index contributed by atoms with van der Waals surface area (Å²) in [5.41, 5.74) is 3.29. The third-order valence-electron chi connectivity index (χ3n) is 4.96. The Kier molecular flexibility index (Phi) is 5.84.